The van der Waals surface area contributed by atoms with Gasteiger partial charge in [0.2, 0.25) is 5.91 Å². The van der Waals surface area contributed by atoms with Crippen molar-refractivity contribution in [2.24, 2.45) is 7.05 Å². The van der Waals surface area contributed by atoms with Gasteiger partial charge < -0.3 is 19.1 Å². The van der Waals surface area contributed by atoms with Crippen LogP contribution in [0.4, 0.5) is 0 Å². The van der Waals surface area contributed by atoms with Crippen molar-refractivity contribution in [1.29, 1.82) is 0 Å². The lowest BCUT2D eigenvalue weighted by molar-refractivity contribution is -0.141. The fraction of sp³-hybridized carbons (Fsp3) is 0.812. The summed E-state index contributed by atoms with van der Waals surface area (Å²) in [6.07, 6.45) is 1.55. The van der Waals surface area contributed by atoms with Crippen LogP contribution in [0.1, 0.15) is 25.8 Å². The first-order chi connectivity index (χ1) is 11.6. The zero-order valence-corrected chi connectivity index (χ0v) is 14.9. The monoisotopic (exact) mass is 336 g/mol. The van der Waals surface area contributed by atoms with Crippen LogP contribution >= 0.6 is 0 Å². The number of piperazine rings is 1. The van der Waals surface area contributed by atoms with Gasteiger partial charge in [-0.25, -0.2) is 0 Å². The minimum absolute atomic E-state index is 0.126. The Kier molecular flexibility index (Phi) is 5.47. The number of hydrogen-bond acceptors (Lipinski definition) is 6. The molecule has 2 aliphatic rings. The summed E-state index contributed by atoms with van der Waals surface area (Å²) in [4.78, 5) is 19.4. The molecule has 3 heterocycles. The van der Waals surface area contributed by atoms with Gasteiger partial charge >= 0.3 is 0 Å². The van der Waals surface area contributed by atoms with E-state index in [1.807, 2.05) is 23.4 Å². The Labute approximate surface area is 143 Å². The molecule has 0 aliphatic carbocycles. The van der Waals surface area contributed by atoms with Crippen LogP contribution in [0.3, 0.4) is 0 Å². The molecule has 0 N–H and O–H groups in total. The summed E-state index contributed by atoms with van der Waals surface area (Å²) < 4.78 is 7.72. The van der Waals surface area contributed by atoms with Crippen LogP contribution in [0.15, 0.2) is 6.33 Å². The number of aromatic nitrogens is 3. The van der Waals surface area contributed by atoms with Gasteiger partial charge in [-0.3, -0.25) is 9.69 Å². The average Bonchev–Trinajstić information content (AvgIpc) is 3.06. The highest BCUT2D eigenvalue weighted by Crippen LogP contribution is 2.22. The maximum Gasteiger partial charge on any atom is 0.239 e. The van der Waals surface area contributed by atoms with E-state index in [0.29, 0.717) is 13.2 Å². The Hall–Kier alpha value is -1.51. The second kappa shape index (κ2) is 7.58. The number of carbonyl (C=O) groups is 1. The summed E-state index contributed by atoms with van der Waals surface area (Å²) in [5.74, 6) is 1.04. The van der Waals surface area contributed by atoms with Crippen LogP contribution in [-0.2, 0) is 16.6 Å². The number of aryl methyl sites for hydroxylation is 1. The quantitative estimate of drug-likeness (QED) is 0.755. The highest BCUT2D eigenvalue weighted by Gasteiger charge is 2.33. The van der Waals surface area contributed by atoms with E-state index >= 15 is 0 Å². The number of amides is 1. The fourth-order valence-electron chi connectivity index (χ4n) is 3.47. The standard InChI is InChI=1S/C16H28N6O2/c1-4-20-5-7-21(8-6-20)16(23)13(2)22-9-10-24-14(11-22)15-18-17-12-19(15)3/h12-14H,4-11H2,1-3H3/t13-,14-/m0/s1. The molecule has 8 nitrogen and oxygen atoms in total. The van der Waals surface area contributed by atoms with Crippen LogP contribution in [-0.4, -0.2) is 93.8 Å². The molecule has 24 heavy (non-hydrogen) atoms. The Morgan fingerprint density at radius 1 is 1.33 bits per heavy atom. The minimum Gasteiger partial charge on any atom is -0.368 e. The smallest absolute Gasteiger partial charge is 0.239 e. The van der Waals surface area contributed by atoms with Crippen molar-refractivity contribution in [2.45, 2.75) is 26.0 Å². The molecule has 134 valence electrons. The van der Waals surface area contributed by atoms with Crippen molar-refractivity contribution in [2.75, 3.05) is 52.4 Å². The molecule has 0 unspecified atom stereocenters. The molecule has 0 bridgehead atoms. The number of likely N-dealkylation sites (N-methyl/N-ethyl adjacent to an activating group) is 1. The van der Waals surface area contributed by atoms with Gasteiger partial charge in [0, 0.05) is 46.3 Å². The van der Waals surface area contributed by atoms with Crippen LogP contribution in [0.5, 0.6) is 0 Å². The molecule has 2 aliphatic heterocycles. The number of morpholine rings is 1. The summed E-state index contributed by atoms with van der Waals surface area (Å²) in [5, 5.41) is 8.07. The molecule has 0 saturated carbocycles. The molecule has 1 amide bonds. The van der Waals surface area contributed by atoms with Gasteiger partial charge in [0.1, 0.15) is 12.4 Å². The maximum absolute atomic E-state index is 12.8. The van der Waals surface area contributed by atoms with Crippen molar-refractivity contribution in [3.8, 4) is 0 Å². The van der Waals surface area contributed by atoms with Crippen molar-refractivity contribution in [3.05, 3.63) is 12.2 Å². The summed E-state index contributed by atoms with van der Waals surface area (Å²) >= 11 is 0. The predicted octanol–water partition coefficient (Wildman–Crippen LogP) is -0.259. The van der Waals surface area contributed by atoms with E-state index < -0.39 is 0 Å². The molecule has 0 aromatic carbocycles. The zero-order valence-electron chi connectivity index (χ0n) is 14.9. The predicted molar refractivity (Wildman–Crippen MR) is 89.4 cm³/mol. The third-order valence-corrected chi connectivity index (χ3v) is 5.17. The first-order valence-corrected chi connectivity index (χ1v) is 8.80. The van der Waals surface area contributed by atoms with Gasteiger partial charge in [-0.05, 0) is 13.5 Å². The van der Waals surface area contributed by atoms with Gasteiger partial charge in [-0.15, -0.1) is 10.2 Å². The molecule has 3 rings (SSSR count). The van der Waals surface area contributed by atoms with Gasteiger partial charge in [-0.1, -0.05) is 6.92 Å². The molecule has 2 fully saturated rings. The molecular weight excluding hydrogens is 308 g/mol. The van der Waals surface area contributed by atoms with E-state index in [1.165, 1.54) is 0 Å². The maximum atomic E-state index is 12.8. The Morgan fingerprint density at radius 2 is 2.08 bits per heavy atom. The molecule has 8 heteroatoms. The van der Waals surface area contributed by atoms with E-state index in [2.05, 4.69) is 26.9 Å². The molecule has 1 aromatic rings. The van der Waals surface area contributed by atoms with E-state index in [0.717, 1.165) is 45.1 Å². The van der Waals surface area contributed by atoms with Gasteiger partial charge in [0.25, 0.3) is 0 Å². The topological polar surface area (TPSA) is 66.7 Å². The van der Waals surface area contributed by atoms with Gasteiger partial charge in [-0.2, -0.15) is 0 Å². The van der Waals surface area contributed by atoms with E-state index in [1.54, 1.807) is 6.33 Å². The number of carbonyl (C=O) groups excluding carboxylic acids is 1. The minimum atomic E-state index is -0.127. The highest BCUT2D eigenvalue weighted by molar-refractivity contribution is 5.81. The number of rotatable bonds is 4. The van der Waals surface area contributed by atoms with Crippen LogP contribution < -0.4 is 0 Å². The second-order valence-corrected chi connectivity index (χ2v) is 6.59. The molecule has 2 atom stereocenters. The summed E-state index contributed by atoms with van der Waals surface area (Å²) in [6.45, 7) is 10.9. The Bertz CT molecular complexity index is 555. The van der Waals surface area contributed by atoms with Crippen molar-refractivity contribution in [1.82, 2.24) is 29.5 Å². The first-order valence-electron chi connectivity index (χ1n) is 8.80. The number of ether oxygens (including phenoxy) is 1. The first kappa shape index (κ1) is 17.3. The molecule has 0 radical (unpaired) electrons. The van der Waals surface area contributed by atoms with E-state index in [9.17, 15) is 4.79 Å². The molecule has 0 spiro atoms. The highest BCUT2D eigenvalue weighted by atomic mass is 16.5. The summed E-state index contributed by atoms with van der Waals surface area (Å²) in [5.41, 5.74) is 0. The summed E-state index contributed by atoms with van der Waals surface area (Å²) in [7, 11) is 1.92. The van der Waals surface area contributed by atoms with Crippen molar-refractivity contribution >= 4 is 5.91 Å². The summed E-state index contributed by atoms with van der Waals surface area (Å²) in [6, 6.07) is -0.127. The van der Waals surface area contributed by atoms with Gasteiger partial charge in [0.05, 0.1) is 12.6 Å². The number of nitrogens with zero attached hydrogens (tertiary/aromatic N) is 6. The molecular formula is C16H28N6O2. The zero-order chi connectivity index (χ0) is 17.1. The van der Waals surface area contributed by atoms with Crippen molar-refractivity contribution < 1.29 is 9.53 Å². The lowest BCUT2D eigenvalue weighted by Gasteiger charge is -2.40. The normalized spacial score (nSPS) is 25.0. The lowest BCUT2D eigenvalue weighted by atomic mass is 10.1. The van der Waals surface area contributed by atoms with Gasteiger partial charge in [0.15, 0.2) is 5.82 Å². The SMILES string of the molecule is CCN1CCN(C(=O)[C@H](C)N2CCO[C@H](c3nncn3C)C2)CC1. The molecule has 1 aromatic heterocycles. The molecule has 2 saturated heterocycles. The van der Waals surface area contributed by atoms with Crippen molar-refractivity contribution in [3.63, 3.8) is 0 Å². The van der Waals surface area contributed by atoms with Crippen LogP contribution in [0, 0.1) is 0 Å². The third kappa shape index (κ3) is 3.60. The third-order valence-electron chi connectivity index (χ3n) is 5.17. The average molecular weight is 336 g/mol. The Morgan fingerprint density at radius 3 is 2.71 bits per heavy atom. The van der Waals surface area contributed by atoms with E-state index in [-0.39, 0.29) is 18.1 Å². The fourth-order valence-corrected chi connectivity index (χ4v) is 3.47. The van der Waals surface area contributed by atoms with Crippen LogP contribution in [0.2, 0.25) is 0 Å². The lowest BCUT2D eigenvalue weighted by Crippen LogP contribution is -2.56. The largest absolute Gasteiger partial charge is 0.368 e. The Balaban J connectivity index is 1.59. The van der Waals surface area contributed by atoms with E-state index in [4.69, 9.17) is 4.74 Å². The second-order valence-electron chi connectivity index (χ2n) is 6.59. The number of hydrogen-bond donors (Lipinski definition) is 0. The van der Waals surface area contributed by atoms with Crippen LogP contribution in [0.25, 0.3) is 0 Å².